The molecule has 0 radical (unpaired) electrons. The summed E-state index contributed by atoms with van der Waals surface area (Å²) < 4.78 is 5.29. The van der Waals surface area contributed by atoms with Gasteiger partial charge in [0.1, 0.15) is 5.75 Å². The highest BCUT2D eigenvalue weighted by Gasteiger charge is 2.33. The van der Waals surface area contributed by atoms with Gasteiger partial charge in [0.25, 0.3) is 5.91 Å². The van der Waals surface area contributed by atoms with Crippen LogP contribution >= 0.6 is 24.0 Å². The second kappa shape index (κ2) is 13.6. The molecule has 0 saturated heterocycles. The lowest BCUT2D eigenvalue weighted by Gasteiger charge is -2.27. The van der Waals surface area contributed by atoms with Gasteiger partial charge in [0.05, 0.1) is 5.56 Å². The zero-order valence-corrected chi connectivity index (χ0v) is 19.8. The van der Waals surface area contributed by atoms with Crippen molar-refractivity contribution in [1.82, 2.24) is 16.0 Å². The Morgan fingerprint density at radius 1 is 1.17 bits per heavy atom. The fraction of sp³-hybridized carbons (Fsp3) is 0.619. The van der Waals surface area contributed by atoms with Crippen molar-refractivity contribution in [2.45, 2.75) is 39.0 Å². The van der Waals surface area contributed by atoms with E-state index in [-0.39, 0.29) is 46.6 Å². The summed E-state index contributed by atoms with van der Waals surface area (Å²) in [4.78, 5) is 16.9. The van der Waals surface area contributed by atoms with Gasteiger partial charge < -0.3 is 25.8 Å². The summed E-state index contributed by atoms with van der Waals surface area (Å²) in [6, 6.07) is 6.53. The number of benzene rings is 1. The average Bonchev–Trinajstić information content (AvgIpc) is 3.17. The molecule has 0 aromatic heterocycles. The minimum absolute atomic E-state index is 0. The summed E-state index contributed by atoms with van der Waals surface area (Å²) in [5, 5.41) is 19.1. The number of rotatable bonds is 10. The van der Waals surface area contributed by atoms with Gasteiger partial charge in [0, 0.05) is 39.9 Å². The van der Waals surface area contributed by atoms with Crippen LogP contribution < -0.4 is 16.0 Å². The van der Waals surface area contributed by atoms with Crippen LogP contribution in [0.15, 0.2) is 29.3 Å². The van der Waals surface area contributed by atoms with E-state index < -0.39 is 0 Å². The van der Waals surface area contributed by atoms with Crippen LogP contribution in [-0.2, 0) is 4.74 Å². The Hall–Kier alpha value is -1.55. The summed E-state index contributed by atoms with van der Waals surface area (Å²) >= 11 is 0. The first-order chi connectivity index (χ1) is 13.6. The molecular weight excluding hydrogens is 483 g/mol. The number of phenolic OH excluding ortho intramolecular Hbond substituents is 1. The lowest BCUT2D eigenvalue weighted by Crippen LogP contribution is -2.42. The second-order valence-electron chi connectivity index (χ2n) is 7.34. The lowest BCUT2D eigenvalue weighted by atomic mass is 9.83. The smallest absolute Gasteiger partial charge is 0.255 e. The first-order valence-corrected chi connectivity index (χ1v) is 10.2. The normalized spacial score (nSPS) is 15.4. The summed E-state index contributed by atoms with van der Waals surface area (Å²) in [5.41, 5.74) is 0.529. The molecule has 1 saturated carbocycles. The maximum absolute atomic E-state index is 12.1. The van der Waals surface area contributed by atoms with Crippen molar-refractivity contribution >= 4 is 35.8 Å². The van der Waals surface area contributed by atoms with Crippen LogP contribution in [0.25, 0.3) is 0 Å². The molecule has 1 aliphatic rings. The molecule has 164 valence electrons. The summed E-state index contributed by atoms with van der Waals surface area (Å²) in [7, 11) is 1.75. The summed E-state index contributed by atoms with van der Waals surface area (Å²) in [6.45, 7) is 5.37. The molecule has 8 heteroatoms. The van der Waals surface area contributed by atoms with Crippen LogP contribution in [0.4, 0.5) is 0 Å². The van der Waals surface area contributed by atoms with Gasteiger partial charge in [0.15, 0.2) is 5.96 Å². The molecule has 4 N–H and O–H groups in total. The van der Waals surface area contributed by atoms with Crippen LogP contribution in [0.2, 0.25) is 0 Å². The highest BCUT2D eigenvalue weighted by atomic mass is 127. The standard InChI is InChI=1S/C21H34N4O3.HI/c1-3-22-20(25-16-21(12-15-28-2)10-6-7-11-21)24-14-13-23-19(27)17-8-4-5-9-18(17)26;/h4-5,8-9,26H,3,6-7,10-16H2,1-2H3,(H,23,27)(H2,22,24,25);1H. The number of ether oxygens (including phenoxy) is 1. The SMILES string of the molecule is CCNC(=NCC1(CCOC)CCCC1)NCCNC(=O)c1ccccc1O.I. The van der Waals surface area contributed by atoms with Gasteiger partial charge in [-0.05, 0) is 43.7 Å². The number of aliphatic imine (C=N–C) groups is 1. The van der Waals surface area contributed by atoms with E-state index in [9.17, 15) is 9.90 Å². The van der Waals surface area contributed by atoms with Crippen molar-refractivity contribution in [3.8, 4) is 5.75 Å². The van der Waals surface area contributed by atoms with Crippen molar-refractivity contribution in [1.29, 1.82) is 0 Å². The second-order valence-corrected chi connectivity index (χ2v) is 7.34. The Morgan fingerprint density at radius 2 is 1.86 bits per heavy atom. The van der Waals surface area contributed by atoms with Crippen LogP contribution in [-0.4, -0.2) is 56.9 Å². The highest BCUT2D eigenvalue weighted by molar-refractivity contribution is 14.0. The van der Waals surface area contributed by atoms with Crippen molar-refractivity contribution in [3.63, 3.8) is 0 Å². The number of nitrogens with one attached hydrogen (secondary N) is 3. The number of aromatic hydroxyl groups is 1. The maximum atomic E-state index is 12.1. The van der Waals surface area contributed by atoms with E-state index in [1.807, 2.05) is 6.92 Å². The number of phenols is 1. The molecule has 29 heavy (non-hydrogen) atoms. The zero-order valence-electron chi connectivity index (χ0n) is 17.5. The summed E-state index contributed by atoms with van der Waals surface area (Å²) in [5.74, 6) is 0.468. The number of carbonyl (C=O) groups is 1. The number of carbonyl (C=O) groups excluding carboxylic acids is 1. The molecule has 1 amide bonds. The number of halogens is 1. The lowest BCUT2D eigenvalue weighted by molar-refractivity contribution is 0.0951. The Kier molecular flexibility index (Phi) is 12.0. The number of nitrogens with zero attached hydrogens (tertiary/aromatic N) is 1. The van der Waals surface area contributed by atoms with Gasteiger partial charge in [-0.3, -0.25) is 9.79 Å². The van der Waals surface area contributed by atoms with E-state index in [1.165, 1.54) is 31.7 Å². The number of guanidine groups is 1. The van der Waals surface area contributed by atoms with Gasteiger partial charge >= 0.3 is 0 Å². The Labute approximate surface area is 191 Å². The van der Waals surface area contributed by atoms with E-state index >= 15 is 0 Å². The highest BCUT2D eigenvalue weighted by Crippen LogP contribution is 2.41. The van der Waals surface area contributed by atoms with E-state index in [0.29, 0.717) is 13.1 Å². The molecule has 0 heterocycles. The Balaban J connectivity index is 0.00000420. The van der Waals surface area contributed by atoms with Crippen LogP contribution in [0.1, 0.15) is 49.4 Å². The first-order valence-electron chi connectivity index (χ1n) is 10.2. The predicted octanol–water partition coefficient (Wildman–Crippen LogP) is 2.89. The van der Waals surface area contributed by atoms with Crippen molar-refractivity contribution in [3.05, 3.63) is 29.8 Å². The Morgan fingerprint density at radius 3 is 2.52 bits per heavy atom. The minimum Gasteiger partial charge on any atom is -0.507 e. The topological polar surface area (TPSA) is 95.0 Å². The third-order valence-corrected chi connectivity index (χ3v) is 5.27. The van der Waals surface area contributed by atoms with Gasteiger partial charge in [-0.15, -0.1) is 24.0 Å². The zero-order chi connectivity index (χ0) is 20.2. The van der Waals surface area contributed by atoms with Crippen LogP contribution in [0.5, 0.6) is 5.75 Å². The fourth-order valence-corrected chi connectivity index (χ4v) is 3.64. The molecule has 0 atom stereocenters. The number of para-hydroxylation sites is 1. The molecular formula is C21H35IN4O3. The van der Waals surface area contributed by atoms with Crippen LogP contribution in [0.3, 0.4) is 0 Å². The molecule has 1 aromatic carbocycles. The number of amides is 1. The molecule has 1 fully saturated rings. The van der Waals surface area contributed by atoms with E-state index in [0.717, 1.165) is 32.1 Å². The maximum Gasteiger partial charge on any atom is 0.255 e. The van der Waals surface area contributed by atoms with Gasteiger partial charge in [0.2, 0.25) is 0 Å². The van der Waals surface area contributed by atoms with Gasteiger partial charge in [-0.2, -0.15) is 0 Å². The Bertz CT molecular complexity index is 649. The average molecular weight is 518 g/mol. The van der Waals surface area contributed by atoms with Crippen molar-refractivity contribution < 1.29 is 14.6 Å². The largest absolute Gasteiger partial charge is 0.507 e. The van der Waals surface area contributed by atoms with Crippen molar-refractivity contribution in [2.75, 3.05) is 39.9 Å². The van der Waals surface area contributed by atoms with Crippen LogP contribution in [0, 0.1) is 5.41 Å². The number of hydrogen-bond acceptors (Lipinski definition) is 4. The quantitative estimate of drug-likeness (QED) is 0.166. The van der Waals surface area contributed by atoms with Crippen molar-refractivity contribution in [2.24, 2.45) is 10.4 Å². The molecule has 0 bridgehead atoms. The number of methoxy groups -OCH3 is 1. The third kappa shape index (κ3) is 8.38. The first kappa shape index (κ1) is 25.5. The molecule has 0 aliphatic heterocycles. The predicted molar refractivity (Wildman–Crippen MR) is 127 cm³/mol. The molecule has 2 rings (SSSR count). The monoisotopic (exact) mass is 518 g/mol. The molecule has 0 unspecified atom stereocenters. The van der Waals surface area contributed by atoms with Gasteiger partial charge in [-0.25, -0.2) is 0 Å². The minimum atomic E-state index is -0.286. The molecule has 1 aromatic rings. The molecule has 1 aliphatic carbocycles. The van der Waals surface area contributed by atoms with E-state index in [4.69, 9.17) is 9.73 Å². The van der Waals surface area contributed by atoms with E-state index in [2.05, 4.69) is 16.0 Å². The third-order valence-electron chi connectivity index (χ3n) is 5.27. The molecule has 0 spiro atoms. The van der Waals surface area contributed by atoms with Gasteiger partial charge in [-0.1, -0.05) is 25.0 Å². The molecule has 7 nitrogen and oxygen atoms in total. The summed E-state index contributed by atoms with van der Waals surface area (Å²) in [6.07, 6.45) is 5.98. The fourth-order valence-electron chi connectivity index (χ4n) is 3.64. The van der Waals surface area contributed by atoms with E-state index in [1.54, 1.807) is 25.3 Å². The number of hydrogen-bond donors (Lipinski definition) is 4.